The zero-order valence-corrected chi connectivity index (χ0v) is 17.0. The molecule has 2 N–H and O–H groups in total. The third-order valence-corrected chi connectivity index (χ3v) is 6.42. The van der Waals surface area contributed by atoms with E-state index in [4.69, 9.17) is 14.0 Å². The number of carbonyl (C=O) groups is 2. The van der Waals surface area contributed by atoms with Crippen LogP contribution in [0.2, 0.25) is 6.32 Å². The van der Waals surface area contributed by atoms with E-state index in [0.29, 0.717) is 19.2 Å². The molecule has 2 aliphatic heterocycles. The monoisotopic (exact) mass is 385 g/mol. The van der Waals surface area contributed by atoms with E-state index in [1.165, 1.54) is 7.11 Å². The van der Waals surface area contributed by atoms with Gasteiger partial charge in [-0.2, -0.15) is 0 Å². The van der Waals surface area contributed by atoms with Crippen LogP contribution in [0.25, 0.3) is 0 Å². The summed E-state index contributed by atoms with van der Waals surface area (Å²) in [5, 5.41) is 19.0. The first-order chi connectivity index (χ1) is 12.5. The van der Waals surface area contributed by atoms with E-state index < -0.39 is 28.8 Å². The summed E-state index contributed by atoms with van der Waals surface area (Å²) < 4.78 is 16.9. The summed E-state index contributed by atoms with van der Waals surface area (Å²) in [5.41, 5.74) is -2.11. The first-order valence-corrected chi connectivity index (χ1v) is 9.57. The Labute approximate surface area is 161 Å². The molecule has 0 aromatic heterocycles. The van der Waals surface area contributed by atoms with E-state index in [9.17, 15) is 19.8 Å². The molecule has 0 bridgehead atoms. The zero-order valence-electron chi connectivity index (χ0n) is 17.0. The molecule has 0 aliphatic carbocycles. The Morgan fingerprint density at radius 2 is 1.81 bits per heavy atom. The van der Waals surface area contributed by atoms with Gasteiger partial charge in [-0.25, -0.2) is 9.59 Å². The molecule has 0 saturated carbocycles. The van der Waals surface area contributed by atoms with Crippen molar-refractivity contribution < 1.29 is 33.8 Å². The standard InChI is InChI=1S/C18H32BNO7/c1-16(2)17(3,4)27-19(26-16)10-6-7-13-8-11-20(15(23)24)18(13,9-12-21)14(22)25-5/h13,21H,6-12H2,1-5H3,(H,23,24). The van der Waals surface area contributed by atoms with Gasteiger partial charge in [-0.3, -0.25) is 4.90 Å². The van der Waals surface area contributed by atoms with E-state index >= 15 is 0 Å². The topological polar surface area (TPSA) is 106 Å². The largest absolute Gasteiger partial charge is 0.467 e. The minimum absolute atomic E-state index is 0.0349. The van der Waals surface area contributed by atoms with Crippen molar-refractivity contribution in [2.75, 3.05) is 20.3 Å². The molecule has 2 fully saturated rings. The maximum Gasteiger partial charge on any atom is 0.457 e. The van der Waals surface area contributed by atoms with Gasteiger partial charge in [0.1, 0.15) is 5.54 Å². The number of esters is 1. The summed E-state index contributed by atoms with van der Waals surface area (Å²) in [5.74, 6) is -0.812. The number of amides is 1. The van der Waals surface area contributed by atoms with Crippen LogP contribution < -0.4 is 0 Å². The van der Waals surface area contributed by atoms with Gasteiger partial charge in [0, 0.05) is 19.6 Å². The average molecular weight is 385 g/mol. The number of aliphatic hydroxyl groups excluding tert-OH is 1. The van der Waals surface area contributed by atoms with Crippen molar-refractivity contribution in [3.8, 4) is 0 Å². The predicted octanol–water partition coefficient (Wildman–Crippen LogP) is 2.15. The molecule has 2 rings (SSSR count). The van der Waals surface area contributed by atoms with Gasteiger partial charge in [0.2, 0.25) is 0 Å². The van der Waals surface area contributed by atoms with Gasteiger partial charge in [0.05, 0.1) is 18.3 Å². The fourth-order valence-corrected chi connectivity index (χ4v) is 4.27. The van der Waals surface area contributed by atoms with Crippen LogP contribution in [-0.4, -0.2) is 71.3 Å². The number of hydrogen-bond acceptors (Lipinski definition) is 6. The van der Waals surface area contributed by atoms with Crippen molar-refractivity contribution in [1.29, 1.82) is 0 Å². The molecule has 0 aromatic carbocycles. The SMILES string of the molecule is COC(=O)C1(CCO)C(CCCB2OC(C)(C)C(C)(C)O2)CCN1C(=O)O. The molecule has 27 heavy (non-hydrogen) atoms. The van der Waals surface area contributed by atoms with Gasteiger partial charge in [-0.15, -0.1) is 0 Å². The first kappa shape index (κ1) is 22.0. The fourth-order valence-electron chi connectivity index (χ4n) is 4.27. The Kier molecular flexibility index (Phi) is 6.49. The van der Waals surface area contributed by atoms with Crippen LogP contribution in [0.4, 0.5) is 4.79 Å². The second kappa shape index (κ2) is 7.97. The molecule has 2 aliphatic rings. The van der Waals surface area contributed by atoms with Crippen molar-refractivity contribution in [1.82, 2.24) is 4.90 Å². The van der Waals surface area contributed by atoms with Gasteiger partial charge in [0.25, 0.3) is 0 Å². The molecule has 0 aromatic rings. The molecule has 2 unspecified atom stereocenters. The fraction of sp³-hybridized carbons (Fsp3) is 0.889. The molecule has 0 radical (unpaired) electrons. The van der Waals surface area contributed by atoms with Crippen LogP contribution in [-0.2, 0) is 18.8 Å². The lowest BCUT2D eigenvalue weighted by molar-refractivity contribution is -0.156. The summed E-state index contributed by atoms with van der Waals surface area (Å²) >= 11 is 0. The summed E-state index contributed by atoms with van der Waals surface area (Å²) in [7, 11) is 0.929. The maximum atomic E-state index is 12.6. The van der Waals surface area contributed by atoms with Gasteiger partial charge in [0.15, 0.2) is 0 Å². The number of aliphatic hydroxyl groups is 1. The van der Waals surface area contributed by atoms with E-state index in [0.717, 1.165) is 11.3 Å². The van der Waals surface area contributed by atoms with Gasteiger partial charge < -0.3 is 24.3 Å². The highest BCUT2D eigenvalue weighted by Gasteiger charge is 2.57. The highest BCUT2D eigenvalue weighted by atomic mass is 16.7. The summed E-state index contributed by atoms with van der Waals surface area (Å²) in [4.78, 5) is 25.4. The van der Waals surface area contributed by atoms with Crippen molar-refractivity contribution in [3.05, 3.63) is 0 Å². The van der Waals surface area contributed by atoms with Crippen molar-refractivity contribution in [2.24, 2.45) is 5.92 Å². The van der Waals surface area contributed by atoms with Crippen LogP contribution in [0.5, 0.6) is 0 Å². The van der Waals surface area contributed by atoms with Crippen molar-refractivity contribution in [2.45, 2.75) is 76.4 Å². The number of carboxylic acid groups (broad SMARTS) is 1. The highest BCUT2D eigenvalue weighted by molar-refractivity contribution is 6.45. The van der Waals surface area contributed by atoms with Crippen LogP contribution in [0.3, 0.4) is 0 Å². The Morgan fingerprint density at radius 3 is 2.30 bits per heavy atom. The third-order valence-electron chi connectivity index (χ3n) is 6.42. The summed E-state index contributed by atoms with van der Waals surface area (Å²) in [6, 6.07) is 0. The van der Waals surface area contributed by atoms with Gasteiger partial charge >= 0.3 is 19.2 Å². The zero-order chi connectivity index (χ0) is 20.5. The quantitative estimate of drug-likeness (QED) is 0.511. The third kappa shape index (κ3) is 3.95. The molecule has 9 heteroatoms. The first-order valence-electron chi connectivity index (χ1n) is 9.57. The Balaban J connectivity index is 2.06. The van der Waals surface area contributed by atoms with Crippen molar-refractivity contribution in [3.63, 3.8) is 0 Å². The van der Waals surface area contributed by atoms with Crippen LogP contribution in [0, 0.1) is 5.92 Å². The molecule has 1 amide bonds. The minimum atomic E-state index is -1.33. The second-order valence-electron chi connectivity index (χ2n) is 8.43. The van der Waals surface area contributed by atoms with E-state index in [1.54, 1.807) is 0 Å². The minimum Gasteiger partial charge on any atom is -0.467 e. The lowest BCUT2D eigenvalue weighted by Gasteiger charge is -2.38. The van der Waals surface area contributed by atoms with Crippen LogP contribution in [0.1, 0.15) is 53.4 Å². The van der Waals surface area contributed by atoms with Crippen molar-refractivity contribution >= 4 is 19.2 Å². The molecule has 0 spiro atoms. The predicted molar refractivity (Wildman–Crippen MR) is 99.4 cm³/mol. The Bertz CT molecular complexity index is 552. The van der Waals surface area contributed by atoms with E-state index in [2.05, 4.69) is 0 Å². The molecular formula is C18H32BNO7. The lowest BCUT2D eigenvalue weighted by Crippen LogP contribution is -2.57. The smallest absolute Gasteiger partial charge is 0.457 e. The molecule has 2 atom stereocenters. The molecule has 154 valence electrons. The number of nitrogens with zero attached hydrogens (tertiary/aromatic N) is 1. The Morgan fingerprint density at radius 1 is 1.22 bits per heavy atom. The highest BCUT2D eigenvalue weighted by Crippen LogP contribution is 2.43. The number of likely N-dealkylation sites (tertiary alicyclic amines) is 1. The van der Waals surface area contributed by atoms with Crippen LogP contribution in [0.15, 0.2) is 0 Å². The molecule has 8 nitrogen and oxygen atoms in total. The summed E-state index contributed by atoms with van der Waals surface area (Å²) in [6.07, 6.45) is 1.44. The number of hydrogen-bond donors (Lipinski definition) is 2. The normalized spacial score (nSPS) is 29.2. The van der Waals surface area contributed by atoms with E-state index in [1.807, 2.05) is 27.7 Å². The average Bonchev–Trinajstić information content (AvgIpc) is 3.02. The molecular weight excluding hydrogens is 353 g/mol. The van der Waals surface area contributed by atoms with Gasteiger partial charge in [-0.1, -0.05) is 6.42 Å². The number of rotatable bonds is 7. The number of ether oxygens (including phenoxy) is 1. The number of carbonyl (C=O) groups excluding carboxylic acids is 1. The van der Waals surface area contributed by atoms with Crippen LogP contribution >= 0.6 is 0 Å². The van der Waals surface area contributed by atoms with E-state index in [-0.39, 0.29) is 32.6 Å². The summed E-state index contributed by atoms with van der Waals surface area (Å²) in [6.45, 7) is 7.96. The maximum absolute atomic E-state index is 12.6. The molecule has 2 heterocycles. The van der Waals surface area contributed by atoms with Gasteiger partial charge in [-0.05, 0) is 52.8 Å². The lowest BCUT2D eigenvalue weighted by atomic mass is 9.75. The second-order valence-corrected chi connectivity index (χ2v) is 8.43. The molecule has 2 saturated heterocycles. The number of methoxy groups -OCH3 is 1. The Hall–Kier alpha value is -1.32.